The van der Waals surface area contributed by atoms with Crippen molar-refractivity contribution >= 4 is 44.8 Å². The number of benzene rings is 6. The van der Waals surface area contributed by atoms with Gasteiger partial charge in [-0.05, 0) is 89.5 Å². The highest BCUT2D eigenvalue weighted by Gasteiger charge is 2.26. The van der Waals surface area contributed by atoms with E-state index in [1.54, 1.807) is 6.20 Å². The molecular formula is C60H41N9. The second-order valence-electron chi connectivity index (χ2n) is 16.5. The molecule has 0 aliphatic rings. The number of fused-ring (bicyclic) bond motifs is 3. The van der Waals surface area contributed by atoms with Crippen LogP contribution in [-0.4, -0.2) is 43.6 Å². The Kier molecular flexibility index (Phi) is 10.3. The van der Waals surface area contributed by atoms with Gasteiger partial charge in [-0.1, -0.05) is 147 Å². The number of pyridine rings is 3. The maximum Gasteiger partial charge on any atom is 0.164 e. The SMILES string of the molecule is C=C/C(=C(\C=C)n1c(-c2cc(-c3nc4cccnc4n3-c3ccccc3-c3ccccc3)cc(-c3nc4cccnc4n3-c3ccccc3-c3ccccc3)c2)nc2cccnc21)c1ccccc1. The van der Waals surface area contributed by atoms with E-state index in [9.17, 15) is 0 Å². The third kappa shape index (κ3) is 7.13. The van der Waals surface area contributed by atoms with E-state index in [4.69, 9.17) is 29.9 Å². The molecule has 9 heteroatoms. The molecule has 0 aliphatic carbocycles. The first kappa shape index (κ1) is 40.9. The molecule has 12 rings (SSSR count). The molecule has 6 aromatic carbocycles. The summed E-state index contributed by atoms with van der Waals surface area (Å²) >= 11 is 0. The van der Waals surface area contributed by atoms with Crippen molar-refractivity contribution in [2.24, 2.45) is 0 Å². The van der Waals surface area contributed by atoms with Crippen LogP contribution in [0.15, 0.2) is 238 Å². The molecule has 0 saturated carbocycles. The molecule has 0 amide bonds. The fraction of sp³-hybridized carbons (Fsp3) is 0. The van der Waals surface area contributed by atoms with Crippen LogP contribution in [0.2, 0.25) is 0 Å². The highest BCUT2D eigenvalue weighted by Crippen LogP contribution is 2.41. The van der Waals surface area contributed by atoms with Gasteiger partial charge >= 0.3 is 0 Å². The fourth-order valence-corrected chi connectivity index (χ4v) is 9.39. The average Bonchev–Trinajstić information content (AvgIpc) is 4.13. The summed E-state index contributed by atoms with van der Waals surface area (Å²) in [4.78, 5) is 31.1. The zero-order chi connectivity index (χ0) is 46.3. The minimum absolute atomic E-state index is 0.646. The van der Waals surface area contributed by atoms with Gasteiger partial charge < -0.3 is 0 Å². The van der Waals surface area contributed by atoms with E-state index in [0.29, 0.717) is 23.1 Å². The summed E-state index contributed by atoms with van der Waals surface area (Å²) in [6, 6.07) is 66.1. The van der Waals surface area contributed by atoms with Gasteiger partial charge in [-0.25, -0.2) is 29.9 Å². The highest BCUT2D eigenvalue weighted by molar-refractivity contribution is 5.98. The summed E-state index contributed by atoms with van der Waals surface area (Å²) in [7, 11) is 0. The highest BCUT2D eigenvalue weighted by atomic mass is 15.2. The van der Waals surface area contributed by atoms with Crippen LogP contribution in [0.5, 0.6) is 0 Å². The molecule has 12 aromatic rings. The van der Waals surface area contributed by atoms with Gasteiger partial charge in [-0.2, -0.15) is 0 Å². The summed E-state index contributed by atoms with van der Waals surface area (Å²) < 4.78 is 6.42. The Morgan fingerprint density at radius 3 is 1.26 bits per heavy atom. The van der Waals surface area contributed by atoms with Crippen molar-refractivity contribution in [2.45, 2.75) is 0 Å². The number of imidazole rings is 3. The van der Waals surface area contributed by atoms with Crippen molar-refractivity contribution in [1.82, 2.24) is 43.6 Å². The first-order chi connectivity index (χ1) is 34.2. The van der Waals surface area contributed by atoms with Crippen molar-refractivity contribution < 1.29 is 0 Å². The molecule has 0 spiro atoms. The van der Waals surface area contributed by atoms with Crippen LogP contribution in [0.3, 0.4) is 0 Å². The van der Waals surface area contributed by atoms with Gasteiger partial charge in [0, 0.05) is 52.0 Å². The first-order valence-corrected chi connectivity index (χ1v) is 22.7. The number of hydrogen-bond donors (Lipinski definition) is 0. The lowest BCUT2D eigenvalue weighted by atomic mass is 10.0. The number of nitrogens with zero attached hydrogens (tertiary/aromatic N) is 9. The maximum absolute atomic E-state index is 5.42. The van der Waals surface area contributed by atoms with Crippen LogP contribution in [0.1, 0.15) is 5.56 Å². The van der Waals surface area contributed by atoms with Gasteiger partial charge in [0.1, 0.15) is 34.0 Å². The third-order valence-electron chi connectivity index (χ3n) is 12.4. The minimum Gasteiger partial charge on any atom is -0.276 e. The zero-order valence-corrected chi connectivity index (χ0v) is 37.3. The average molecular weight is 888 g/mol. The lowest BCUT2D eigenvalue weighted by Crippen LogP contribution is -2.05. The Morgan fingerprint density at radius 1 is 0.377 bits per heavy atom. The molecule has 9 nitrogen and oxygen atoms in total. The first-order valence-electron chi connectivity index (χ1n) is 22.7. The van der Waals surface area contributed by atoms with Gasteiger partial charge in [0.2, 0.25) is 0 Å². The van der Waals surface area contributed by atoms with Gasteiger partial charge in [-0.3, -0.25) is 13.7 Å². The molecule has 69 heavy (non-hydrogen) atoms. The van der Waals surface area contributed by atoms with Crippen LogP contribution in [-0.2, 0) is 0 Å². The van der Waals surface area contributed by atoms with Gasteiger partial charge in [-0.15, -0.1) is 0 Å². The molecule has 0 unspecified atom stereocenters. The summed E-state index contributed by atoms with van der Waals surface area (Å²) in [6.45, 7) is 8.65. The monoisotopic (exact) mass is 887 g/mol. The number of para-hydroxylation sites is 2. The van der Waals surface area contributed by atoms with Gasteiger partial charge in [0.05, 0.1) is 17.1 Å². The van der Waals surface area contributed by atoms with Crippen molar-refractivity contribution in [2.75, 3.05) is 0 Å². The lowest BCUT2D eigenvalue weighted by molar-refractivity contribution is 1.07. The van der Waals surface area contributed by atoms with E-state index in [1.165, 1.54) is 0 Å². The number of allylic oxidation sites excluding steroid dienone is 4. The topological polar surface area (TPSA) is 92.1 Å². The standard InChI is InChI=1S/C60H41N9/c1-3-46(40-21-8-5-9-22-40)52(4-2)67-55(64-49-29-18-34-61-58(49)67)43-37-44(56-65-50-30-19-35-62-59(50)68(56)53-32-16-14-27-47(53)41-23-10-6-11-24-41)39-45(38-43)57-66-51-31-20-36-63-60(51)69(57)54-33-17-15-28-48(54)42-25-12-7-13-26-42/h3-39H,1-2H2/b52-46-. The summed E-state index contributed by atoms with van der Waals surface area (Å²) in [5.74, 6) is 2.03. The largest absolute Gasteiger partial charge is 0.276 e. The Bertz CT molecular complexity index is 3760. The molecule has 0 bridgehead atoms. The quantitative estimate of drug-likeness (QED) is 0.120. The Hall–Kier alpha value is -9.60. The van der Waals surface area contributed by atoms with Crippen LogP contribution < -0.4 is 0 Å². The van der Waals surface area contributed by atoms with Crippen LogP contribution >= 0.6 is 0 Å². The van der Waals surface area contributed by atoms with Crippen molar-refractivity contribution in [1.29, 1.82) is 0 Å². The van der Waals surface area contributed by atoms with E-state index in [-0.39, 0.29) is 0 Å². The summed E-state index contributed by atoms with van der Waals surface area (Å²) in [5.41, 5.74) is 15.5. The summed E-state index contributed by atoms with van der Waals surface area (Å²) in [6.07, 6.45) is 9.15. The predicted molar refractivity (Wildman–Crippen MR) is 279 cm³/mol. The lowest BCUT2D eigenvalue weighted by Gasteiger charge is -2.18. The molecule has 0 fully saturated rings. The second kappa shape index (κ2) is 17.3. The molecule has 0 radical (unpaired) electrons. The Labute approximate surface area is 398 Å². The van der Waals surface area contributed by atoms with Gasteiger partial charge in [0.25, 0.3) is 0 Å². The second-order valence-corrected chi connectivity index (χ2v) is 16.5. The molecule has 6 aromatic heterocycles. The Morgan fingerprint density at radius 2 is 0.783 bits per heavy atom. The van der Waals surface area contributed by atoms with Gasteiger partial charge in [0.15, 0.2) is 16.9 Å². The molecule has 0 saturated heterocycles. The Balaban J connectivity index is 1.20. The van der Waals surface area contributed by atoms with E-state index in [0.717, 1.165) is 95.0 Å². The third-order valence-corrected chi connectivity index (χ3v) is 12.4. The van der Waals surface area contributed by atoms with E-state index >= 15 is 0 Å². The predicted octanol–water partition coefficient (Wildman–Crippen LogP) is 14.0. The number of hydrogen-bond acceptors (Lipinski definition) is 6. The maximum atomic E-state index is 5.42. The summed E-state index contributed by atoms with van der Waals surface area (Å²) in [5, 5.41) is 0. The molecule has 0 N–H and O–H groups in total. The van der Waals surface area contributed by atoms with Crippen molar-refractivity contribution in [3.8, 4) is 67.8 Å². The molecular weight excluding hydrogens is 847 g/mol. The van der Waals surface area contributed by atoms with Crippen molar-refractivity contribution in [3.63, 3.8) is 0 Å². The van der Waals surface area contributed by atoms with Crippen molar-refractivity contribution in [3.05, 3.63) is 244 Å². The molecule has 0 aliphatic heterocycles. The zero-order valence-electron chi connectivity index (χ0n) is 37.3. The van der Waals surface area contributed by atoms with Crippen LogP contribution in [0.4, 0.5) is 0 Å². The minimum atomic E-state index is 0.646. The van der Waals surface area contributed by atoms with Crippen LogP contribution in [0.25, 0.3) is 113 Å². The van der Waals surface area contributed by atoms with E-state index in [1.807, 2.05) is 91.3 Å². The fourth-order valence-electron chi connectivity index (χ4n) is 9.39. The van der Waals surface area contributed by atoms with E-state index < -0.39 is 0 Å². The number of rotatable bonds is 11. The van der Waals surface area contributed by atoms with Crippen LogP contribution in [0, 0.1) is 0 Å². The van der Waals surface area contributed by atoms with E-state index in [2.05, 4.69) is 154 Å². The normalized spacial score (nSPS) is 11.8. The smallest absolute Gasteiger partial charge is 0.164 e. The molecule has 0 atom stereocenters. The number of aromatic nitrogens is 9. The molecule has 326 valence electrons. The molecule has 6 heterocycles.